The van der Waals surface area contributed by atoms with E-state index in [-0.39, 0.29) is 65.4 Å². The van der Waals surface area contributed by atoms with E-state index in [1.54, 1.807) is 0 Å². The van der Waals surface area contributed by atoms with Crippen LogP contribution in [0.1, 0.15) is 0 Å². The number of esters is 2. The van der Waals surface area contributed by atoms with Gasteiger partial charge in [-0.3, -0.25) is 9.59 Å². The molecule has 15 heavy (non-hydrogen) atoms. The summed E-state index contributed by atoms with van der Waals surface area (Å²) in [6.07, 6.45) is -5.33. The fourth-order valence-corrected chi connectivity index (χ4v) is 0.246. The van der Waals surface area contributed by atoms with Crippen LogP contribution in [0, 0.1) is 12.9 Å². The fraction of sp³-hybridized carbons (Fsp3) is 0.200. The smallest absolute Gasteiger partial charge is 0.232 e. The number of ether oxygens (including phenoxy) is 2. The van der Waals surface area contributed by atoms with E-state index in [4.69, 9.17) is 0 Å². The molecule has 0 saturated heterocycles. The van der Waals surface area contributed by atoms with Crippen molar-refractivity contribution in [1.29, 1.82) is 0 Å². The van der Waals surface area contributed by atoms with Crippen molar-refractivity contribution in [1.82, 2.24) is 0 Å². The zero-order chi connectivity index (χ0) is 10.4. The number of rotatable bonds is 4. The van der Waals surface area contributed by atoms with Gasteiger partial charge >= 0.3 is 0 Å². The Kier molecular flexibility index (Phi) is 15.5. The van der Waals surface area contributed by atoms with E-state index in [1.807, 2.05) is 0 Å². The van der Waals surface area contributed by atoms with Gasteiger partial charge in [0.15, 0.2) is 0 Å². The van der Waals surface area contributed by atoms with Crippen LogP contribution < -0.4 is 0 Å². The van der Waals surface area contributed by atoms with Gasteiger partial charge in [-0.15, -0.1) is 0 Å². The molecule has 0 fully saturated rings. The van der Waals surface area contributed by atoms with Gasteiger partial charge in [0.2, 0.25) is 18.7 Å². The zero-order valence-corrected chi connectivity index (χ0v) is 12.7. The number of halogens is 4. The van der Waals surface area contributed by atoms with Crippen LogP contribution in [0.5, 0.6) is 0 Å². The molecule has 0 atom stereocenters. The molecule has 2 radical (unpaired) electrons. The molecule has 0 aliphatic heterocycles. The minimum atomic E-state index is -2.67. The molecule has 0 aliphatic carbocycles. The van der Waals surface area contributed by atoms with Crippen molar-refractivity contribution in [2.45, 2.75) is 0 Å². The molecule has 0 saturated carbocycles. The molecule has 0 aromatic carbocycles. The normalized spacial score (nSPS) is 7.73. The van der Waals surface area contributed by atoms with Crippen LogP contribution in [0.15, 0.2) is 0 Å². The molecule has 0 aromatic heterocycles. The summed E-state index contributed by atoms with van der Waals surface area (Å²) in [6.45, 7) is -1.29. The second kappa shape index (κ2) is 11.1. The molecule has 10 heteroatoms. The van der Waals surface area contributed by atoms with Crippen LogP contribution in [-0.4, -0.2) is 18.7 Å². The molecule has 0 amide bonds. The average Bonchev–Trinajstić information content (AvgIpc) is 2.03. The van der Waals surface area contributed by atoms with Crippen molar-refractivity contribution in [2.75, 3.05) is 6.79 Å². The number of carbonyl (C=O) groups is 2. The molecular formula is C5H2F4O4Y2-2. The second-order valence-corrected chi connectivity index (χ2v) is 1.50. The van der Waals surface area contributed by atoms with Gasteiger partial charge in [0.05, 0.1) is 0 Å². The van der Waals surface area contributed by atoms with Crippen LogP contribution in [-0.2, 0) is 84.5 Å². The summed E-state index contributed by atoms with van der Waals surface area (Å²) in [5.41, 5.74) is 0. The largest absolute Gasteiger partial charge is 0.447 e. The Hall–Kier alpha value is 0.608. The molecule has 0 N–H and O–H groups in total. The Balaban J connectivity index is -0.000000720. The Morgan fingerprint density at radius 3 is 1.33 bits per heavy atom. The van der Waals surface area contributed by atoms with Crippen molar-refractivity contribution in [3.63, 3.8) is 0 Å². The monoisotopic (exact) mass is 380 g/mol. The molecule has 0 aromatic rings. The Morgan fingerprint density at radius 1 is 0.867 bits per heavy atom. The molecule has 0 aliphatic rings. The summed E-state index contributed by atoms with van der Waals surface area (Å²) in [6, 6.07) is 0. The predicted octanol–water partition coefficient (Wildman–Crippen LogP) is 0.882. The zero-order valence-electron chi connectivity index (χ0n) is 7.01. The Bertz CT molecular complexity index is 181. The molecule has 0 unspecified atom stereocenters. The van der Waals surface area contributed by atoms with E-state index in [0.717, 1.165) is 0 Å². The van der Waals surface area contributed by atoms with Crippen molar-refractivity contribution < 1.29 is 102 Å². The minimum absolute atomic E-state index is 0. The summed E-state index contributed by atoms with van der Waals surface area (Å²) in [5.74, 6) is -4.07. The molecule has 0 bridgehead atoms. The first-order valence-electron chi connectivity index (χ1n) is 2.65. The number of hydrogen-bond acceptors (Lipinski definition) is 4. The van der Waals surface area contributed by atoms with Gasteiger partial charge in [0.25, 0.3) is 0 Å². The van der Waals surface area contributed by atoms with E-state index >= 15 is 0 Å². The number of carbonyl (C=O) groups excluding carboxylic acids is 2. The Labute approximate surface area is 132 Å². The molecule has 0 spiro atoms. The van der Waals surface area contributed by atoms with Crippen LogP contribution in [0.3, 0.4) is 0 Å². The summed E-state index contributed by atoms with van der Waals surface area (Å²) < 4.78 is 52.1. The SMILES string of the molecule is O=C(OCOC(=O)[C-](F)F)[C-](F)F.[Y].[Y]. The van der Waals surface area contributed by atoms with E-state index in [2.05, 4.69) is 9.47 Å². The van der Waals surface area contributed by atoms with Crippen molar-refractivity contribution >= 4 is 11.9 Å². The second-order valence-electron chi connectivity index (χ2n) is 1.50. The first-order chi connectivity index (χ1) is 5.95. The molecule has 82 valence electrons. The summed E-state index contributed by atoms with van der Waals surface area (Å²) in [4.78, 5) is 19.8. The molecule has 0 rings (SSSR count). The third kappa shape index (κ3) is 10.9. The molecular weight excluding hydrogens is 378 g/mol. The predicted molar refractivity (Wildman–Crippen MR) is 28.0 cm³/mol. The maximum atomic E-state index is 11.3. The summed E-state index contributed by atoms with van der Waals surface area (Å²) in [7, 11) is 0. The van der Waals surface area contributed by atoms with Crippen LogP contribution in [0.2, 0.25) is 0 Å². The third-order valence-electron chi connectivity index (χ3n) is 0.689. The van der Waals surface area contributed by atoms with E-state index in [1.165, 1.54) is 0 Å². The van der Waals surface area contributed by atoms with E-state index in [9.17, 15) is 27.2 Å². The van der Waals surface area contributed by atoms with Gasteiger partial charge in [-0.25, -0.2) is 0 Å². The molecule has 4 nitrogen and oxygen atoms in total. The van der Waals surface area contributed by atoms with Crippen LogP contribution in [0.25, 0.3) is 0 Å². The van der Waals surface area contributed by atoms with Gasteiger partial charge < -0.3 is 27.0 Å². The van der Waals surface area contributed by atoms with Crippen molar-refractivity contribution in [3.8, 4) is 0 Å². The Morgan fingerprint density at radius 2 is 1.13 bits per heavy atom. The van der Waals surface area contributed by atoms with Crippen molar-refractivity contribution in [3.05, 3.63) is 12.9 Å². The van der Waals surface area contributed by atoms with Gasteiger partial charge in [-0.2, -0.15) is 0 Å². The van der Waals surface area contributed by atoms with Crippen LogP contribution >= 0.6 is 0 Å². The van der Waals surface area contributed by atoms with Gasteiger partial charge in [0.1, 0.15) is 0 Å². The quantitative estimate of drug-likeness (QED) is 0.315. The first-order valence-corrected chi connectivity index (χ1v) is 2.65. The third-order valence-corrected chi connectivity index (χ3v) is 0.689. The summed E-state index contributed by atoms with van der Waals surface area (Å²) in [5, 5.41) is 0. The maximum Gasteiger partial charge on any atom is 0.232 e. The number of hydrogen-bond donors (Lipinski definition) is 0. The fourth-order valence-electron chi connectivity index (χ4n) is 0.246. The topological polar surface area (TPSA) is 52.6 Å². The van der Waals surface area contributed by atoms with Crippen LogP contribution in [0.4, 0.5) is 17.6 Å². The standard InChI is InChI=1S/C5H2F4O4.2Y/c6-2(7)4(10)12-1-13-5(11)3(8)9;;/h1H2;;/q-2;;. The van der Waals surface area contributed by atoms with Gasteiger partial charge in [0, 0.05) is 78.3 Å². The molecule has 0 heterocycles. The van der Waals surface area contributed by atoms with Gasteiger partial charge in [-0.1, -0.05) is 0 Å². The van der Waals surface area contributed by atoms with Crippen molar-refractivity contribution in [2.24, 2.45) is 0 Å². The van der Waals surface area contributed by atoms with E-state index in [0.29, 0.717) is 0 Å². The van der Waals surface area contributed by atoms with E-state index < -0.39 is 31.6 Å². The maximum absolute atomic E-state index is 11.3. The van der Waals surface area contributed by atoms with Gasteiger partial charge in [-0.05, 0) is 0 Å². The average molecular weight is 380 g/mol. The first kappa shape index (κ1) is 21.0. The summed E-state index contributed by atoms with van der Waals surface area (Å²) >= 11 is 0. The minimum Gasteiger partial charge on any atom is -0.447 e.